The average molecular weight is 489 g/mol. The van der Waals surface area contributed by atoms with E-state index in [2.05, 4.69) is 15.2 Å². The Balaban J connectivity index is 1.44. The maximum Gasteiger partial charge on any atom is 0.242 e. The lowest BCUT2D eigenvalue weighted by atomic mass is 10.1. The monoisotopic (exact) mass is 488 g/mol. The number of imidazole rings is 1. The van der Waals surface area contributed by atoms with Crippen molar-refractivity contribution in [3.05, 3.63) is 30.1 Å². The van der Waals surface area contributed by atoms with Crippen molar-refractivity contribution >= 4 is 27.8 Å². The van der Waals surface area contributed by atoms with E-state index in [1.165, 1.54) is 6.26 Å². The molecular weight excluding hydrogens is 456 g/mol. The topological polar surface area (TPSA) is 109 Å². The molecule has 3 heterocycles. The van der Waals surface area contributed by atoms with Crippen LogP contribution in [-0.4, -0.2) is 105 Å². The molecule has 184 valence electrons. The molecule has 1 amide bonds. The third-order valence-electron chi connectivity index (χ3n) is 6.10. The van der Waals surface area contributed by atoms with Crippen LogP contribution in [0.4, 0.5) is 5.82 Å². The number of nitrogens with one attached hydrogen (secondary N) is 1. The van der Waals surface area contributed by atoms with Crippen LogP contribution in [0.5, 0.6) is 0 Å². The first kappa shape index (κ1) is 24.4. The van der Waals surface area contributed by atoms with Crippen molar-refractivity contribution in [3.63, 3.8) is 0 Å². The molecule has 10 nitrogen and oxygen atoms in total. The predicted octanol–water partition coefficient (Wildman–Crippen LogP) is 0.979. The standard InChI is InChI=1S/C23H32N6O4S/c1-3-33-15-14-27-10-12-28(13-11-27)21(30)17-25-23-22(26-20-16-24-8-9-29(20)23)18-4-6-19(7-5-18)34(2,31)32/h4-7,16,25H,3,8-15,17H2,1-2H3. The second kappa shape index (κ2) is 10.7. The molecule has 1 saturated heterocycles. The van der Waals surface area contributed by atoms with Crippen molar-refractivity contribution in [2.45, 2.75) is 18.4 Å². The van der Waals surface area contributed by atoms with Gasteiger partial charge in [0.1, 0.15) is 11.5 Å². The van der Waals surface area contributed by atoms with Crippen LogP contribution in [0.25, 0.3) is 11.3 Å². The van der Waals surface area contributed by atoms with Crippen molar-refractivity contribution in [3.8, 4) is 11.3 Å². The van der Waals surface area contributed by atoms with Crippen LogP contribution < -0.4 is 5.32 Å². The molecule has 4 rings (SSSR count). The number of rotatable bonds is 9. The minimum Gasteiger partial charge on any atom is -0.380 e. The SMILES string of the molecule is CCOCCN1CCN(C(=O)CNc2c(-c3ccc(S(C)(=O)=O)cc3)nc3n2CCN=C3)CC1. The van der Waals surface area contributed by atoms with E-state index >= 15 is 0 Å². The van der Waals surface area contributed by atoms with Crippen LogP contribution in [0.15, 0.2) is 34.2 Å². The average Bonchev–Trinajstić information content (AvgIpc) is 3.21. The highest BCUT2D eigenvalue weighted by atomic mass is 32.2. The van der Waals surface area contributed by atoms with Crippen molar-refractivity contribution in [2.24, 2.45) is 4.99 Å². The van der Waals surface area contributed by atoms with E-state index in [-0.39, 0.29) is 17.3 Å². The summed E-state index contributed by atoms with van der Waals surface area (Å²) < 4.78 is 31.1. The molecule has 0 aliphatic carbocycles. The van der Waals surface area contributed by atoms with Crippen LogP contribution in [0.3, 0.4) is 0 Å². The van der Waals surface area contributed by atoms with E-state index in [0.717, 1.165) is 44.2 Å². The van der Waals surface area contributed by atoms with Gasteiger partial charge in [-0.2, -0.15) is 0 Å². The summed E-state index contributed by atoms with van der Waals surface area (Å²) in [5.41, 5.74) is 1.46. The van der Waals surface area contributed by atoms with Gasteiger partial charge < -0.3 is 19.5 Å². The molecule has 1 aromatic heterocycles. The van der Waals surface area contributed by atoms with Gasteiger partial charge in [0.2, 0.25) is 5.91 Å². The van der Waals surface area contributed by atoms with Gasteiger partial charge in [-0.05, 0) is 19.1 Å². The molecular formula is C23H32N6O4S. The van der Waals surface area contributed by atoms with Crippen molar-refractivity contribution in [2.75, 3.05) is 70.6 Å². The Hall–Kier alpha value is -2.76. The van der Waals surface area contributed by atoms with Crippen LogP contribution >= 0.6 is 0 Å². The van der Waals surface area contributed by atoms with E-state index in [1.54, 1.807) is 30.5 Å². The number of carbonyl (C=O) groups excluding carboxylic acids is 1. The summed E-state index contributed by atoms with van der Waals surface area (Å²) in [6, 6.07) is 6.65. The number of hydrogen-bond acceptors (Lipinski definition) is 8. The summed E-state index contributed by atoms with van der Waals surface area (Å²) >= 11 is 0. The second-order valence-electron chi connectivity index (χ2n) is 8.42. The maximum absolute atomic E-state index is 12.9. The lowest BCUT2D eigenvalue weighted by Gasteiger charge is -2.34. The highest BCUT2D eigenvalue weighted by Gasteiger charge is 2.24. The zero-order valence-electron chi connectivity index (χ0n) is 19.7. The van der Waals surface area contributed by atoms with Gasteiger partial charge in [-0.15, -0.1) is 0 Å². The first-order valence-corrected chi connectivity index (χ1v) is 13.5. The number of nitrogens with zero attached hydrogens (tertiary/aromatic N) is 5. The van der Waals surface area contributed by atoms with Gasteiger partial charge in [-0.3, -0.25) is 14.7 Å². The predicted molar refractivity (Wildman–Crippen MR) is 131 cm³/mol. The van der Waals surface area contributed by atoms with E-state index in [1.807, 2.05) is 16.4 Å². The third kappa shape index (κ3) is 5.65. The summed E-state index contributed by atoms with van der Waals surface area (Å²) in [6.07, 6.45) is 2.91. The summed E-state index contributed by atoms with van der Waals surface area (Å²) in [6.45, 7) is 8.86. The minimum atomic E-state index is -3.28. The number of benzene rings is 1. The molecule has 1 aromatic carbocycles. The first-order valence-electron chi connectivity index (χ1n) is 11.6. The smallest absolute Gasteiger partial charge is 0.242 e. The Kier molecular flexibility index (Phi) is 7.64. The van der Waals surface area contributed by atoms with Gasteiger partial charge in [0.15, 0.2) is 15.7 Å². The van der Waals surface area contributed by atoms with Crippen LogP contribution in [0.2, 0.25) is 0 Å². The molecule has 0 spiro atoms. The summed E-state index contributed by atoms with van der Waals surface area (Å²) in [5, 5.41) is 3.31. The van der Waals surface area contributed by atoms with E-state index in [4.69, 9.17) is 9.72 Å². The Morgan fingerprint density at radius 1 is 1.12 bits per heavy atom. The van der Waals surface area contributed by atoms with Crippen molar-refractivity contribution in [1.29, 1.82) is 0 Å². The van der Waals surface area contributed by atoms with Crippen LogP contribution in [0.1, 0.15) is 12.7 Å². The van der Waals surface area contributed by atoms with Gasteiger partial charge in [0.05, 0.1) is 30.8 Å². The van der Waals surface area contributed by atoms with E-state index in [9.17, 15) is 13.2 Å². The first-order chi connectivity index (χ1) is 16.4. The summed E-state index contributed by atoms with van der Waals surface area (Å²) in [5.74, 6) is 1.51. The number of ether oxygens (including phenoxy) is 1. The van der Waals surface area contributed by atoms with Gasteiger partial charge in [0, 0.05) is 57.7 Å². The van der Waals surface area contributed by atoms with E-state index in [0.29, 0.717) is 37.7 Å². The Labute approximate surface area is 200 Å². The number of carbonyl (C=O) groups is 1. The molecule has 1 fully saturated rings. The lowest BCUT2D eigenvalue weighted by molar-refractivity contribution is -0.131. The number of fused-ring (bicyclic) bond motifs is 1. The fraction of sp³-hybridized carbons (Fsp3) is 0.522. The zero-order chi connectivity index (χ0) is 24.1. The van der Waals surface area contributed by atoms with Gasteiger partial charge in [-0.1, -0.05) is 12.1 Å². The van der Waals surface area contributed by atoms with Crippen LogP contribution in [0, 0.1) is 0 Å². The zero-order valence-corrected chi connectivity index (χ0v) is 20.6. The van der Waals surface area contributed by atoms with Crippen molar-refractivity contribution in [1.82, 2.24) is 19.4 Å². The second-order valence-corrected chi connectivity index (χ2v) is 10.4. The number of aromatic nitrogens is 2. The highest BCUT2D eigenvalue weighted by molar-refractivity contribution is 7.90. The van der Waals surface area contributed by atoms with Gasteiger partial charge in [0.25, 0.3) is 0 Å². The number of sulfone groups is 1. The fourth-order valence-corrected chi connectivity index (χ4v) is 4.80. The number of hydrogen-bond donors (Lipinski definition) is 1. The number of anilines is 1. The van der Waals surface area contributed by atoms with Crippen LogP contribution in [-0.2, 0) is 25.9 Å². The molecule has 34 heavy (non-hydrogen) atoms. The fourth-order valence-electron chi connectivity index (χ4n) is 4.17. The minimum absolute atomic E-state index is 0.0443. The summed E-state index contributed by atoms with van der Waals surface area (Å²) in [7, 11) is -3.28. The number of piperazine rings is 1. The number of aliphatic imine (C=N–C) groups is 1. The normalized spacial score (nSPS) is 16.5. The highest BCUT2D eigenvalue weighted by Crippen LogP contribution is 2.30. The number of amides is 1. The third-order valence-corrected chi connectivity index (χ3v) is 7.23. The van der Waals surface area contributed by atoms with Crippen molar-refractivity contribution < 1.29 is 17.9 Å². The molecule has 0 radical (unpaired) electrons. The molecule has 2 aliphatic heterocycles. The molecule has 0 unspecified atom stereocenters. The molecule has 11 heteroatoms. The molecule has 1 N–H and O–H groups in total. The summed E-state index contributed by atoms with van der Waals surface area (Å²) in [4.78, 5) is 26.4. The lowest BCUT2D eigenvalue weighted by Crippen LogP contribution is -2.50. The molecule has 2 aliphatic rings. The quantitative estimate of drug-likeness (QED) is 0.524. The van der Waals surface area contributed by atoms with E-state index < -0.39 is 9.84 Å². The Morgan fingerprint density at radius 3 is 2.53 bits per heavy atom. The van der Waals surface area contributed by atoms with Gasteiger partial charge in [-0.25, -0.2) is 13.4 Å². The largest absolute Gasteiger partial charge is 0.380 e. The van der Waals surface area contributed by atoms with Gasteiger partial charge >= 0.3 is 0 Å². The maximum atomic E-state index is 12.9. The molecule has 2 aromatic rings. The molecule has 0 atom stereocenters. The molecule has 0 bridgehead atoms. The molecule has 0 saturated carbocycles. The Morgan fingerprint density at radius 2 is 1.85 bits per heavy atom. The Bertz CT molecular complexity index is 1130.